The van der Waals surface area contributed by atoms with Gasteiger partial charge in [-0.2, -0.15) is 4.98 Å². The highest BCUT2D eigenvalue weighted by Crippen LogP contribution is 2.38. The summed E-state index contributed by atoms with van der Waals surface area (Å²) in [5.74, 6) is -0.0390. The molecule has 0 saturated heterocycles. The Morgan fingerprint density at radius 3 is 2.80 bits per heavy atom. The number of aliphatic imine (C=N–C) groups is 1. The fraction of sp³-hybridized carbons (Fsp3) is 0. The number of rotatable bonds is 3. The Morgan fingerprint density at radius 1 is 1.12 bits per heavy atom. The van der Waals surface area contributed by atoms with Gasteiger partial charge in [0.05, 0.1) is 21.3 Å². The SMILES string of the molecule is Oc1nc(Nc2ccc(Cl)cc2Cl)sc1C=C1C=Nc2ccccc21. The predicted molar refractivity (Wildman–Crippen MR) is 106 cm³/mol. The van der Waals surface area contributed by atoms with Crippen molar-refractivity contribution in [3.8, 4) is 5.88 Å². The van der Waals surface area contributed by atoms with Gasteiger partial charge in [0.1, 0.15) is 0 Å². The third kappa shape index (κ3) is 3.26. The standard InChI is InChI=1S/C18H11Cl2N3OS/c19-11-5-6-15(13(20)8-11)22-18-23-17(24)16(25-18)7-10-9-21-14-4-2-1-3-12(10)14/h1-9,24H,(H,22,23). The monoisotopic (exact) mass is 387 g/mol. The van der Waals surface area contributed by atoms with Gasteiger partial charge in [0.15, 0.2) is 5.13 Å². The number of nitrogens with zero attached hydrogens (tertiary/aromatic N) is 2. The number of thiazole rings is 1. The molecule has 1 aliphatic rings. The molecule has 2 aromatic carbocycles. The maximum absolute atomic E-state index is 10.1. The van der Waals surface area contributed by atoms with Crippen LogP contribution in [0.5, 0.6) is 5.88 Å². The maximum atomic E-state index is 10.1. The molecule has 0 saturated carbocycles. The van der Waals surface area contributed by atoms with Gasteiger partial charge < -0.3 is 10.4 Å². The van der Waals surface area contributed by atoms with Gasteiger partial charge in [-0.25, -0.2) is 0 Å². The highest BCUT2D eigenvalue weighted by Gasteiger charge is 2.15. The van der Waals surface area contributed by atoms with E-state index in [9.17, 15) is 5.11 Å². The molecule has 0 fully saturated rings. The summed E-state index contributed by atoms with van der Waals surface area (Å²) in [4.78, 5) is 9.16. The number of halogens is 2. The van der Waals surface area contributed by atoms with Gasteiger partial charge in [0.2, 0.25) is 5.88 Å². The van der Waals surface area contributed by atoms with Crippen LogP contribution >= 0.6 is 34.5 Å². The topological polar surface area (TPSA) is 57.5 Å². The number of benzene rings is 2. The maximum Gasteiger partial charge on any atom is 0.231 e. The molecular formula is C18H11Cl2N3OS. The molecule has 0 spiro atoms. The normalized spacial score (nSPS) is 14.1. The van der Waals surface area contributed by atoms with Crippen LogP contribution < -0.4 is 5.32 Å². The fourth-order valence-electron chi connectivity index (χ4n) is 2.47. The molecular weight excluding hydrogens is 377 g/mol. The fourth-order valence-corrected chi connectivity index (χ4v) is 3.75. The second kappa shape index (κ2) is 6.52. The molecule has 1 aliphatic heterocycles. The van der Waals surface area contributed by atoms with Crippen LogP contribution in [0, 0.1) is 0 Å². The summed E-state index contributed by atoms with van der Waals surface area (Å²) in [7, 11) is 0. The van der Waals surface area contributed by atoms with E-state index in [1.54, 1.807) is 24.4 Å². The minimum absolute atomic E-state index is 0.0390. The average molecular weight is 388 g/mol. The summed E-state index contributed by atoms with van der Waals surface area (Å²) in [6, 6.07) is 13.0. The molecule has 2 N–H and O–H groups in total. The number of aromatic nitrogens is 1. The van der Waals surface area contributed by atoms with Crippen molar-refractivity contribution in [1.29, 1.82) is 0 Å². The number of anilines is 2. The van der Waals surface area contributed by atoms with Crippen LogP contribution in [0.3, 0.4) is 0 Å². The van der Waals surface area contributed by atoms with Gasteiger partial charge in [-0.15, -0.1) is 0 Å². The molecule has 124 valence electrons. The number of fused-ring (bicyclic) bond motifs is 1. The van der Waals surface area contributed by atoms with Gasteiger partial charge in [-0.3, -0.25) is 4.99 Å². The molecule has 0 unspecified atom stereocenters. The van der Waals surface area contributed by atoms with Crippen molar-refractivity contribution in [2.24, 2.45) is 4.99 Å². The van der Waals surface area contributed by atoms with Gasteiger partial charge >= 0.3 is 0 Å². The Labute approximate surface area is 158 Å². The van der Waals surface area contributed by atoms with Gasteiger partial charge in [-0.1, -0.05) is 52.7 Å². The number of aromatic hydroxyl groups is 1. The molecule has 0 bridgehead atoms. The van der Waals surface area contributed by atoms with Gasteiger partial charge in [0, 0.05) is 22.4 Å². The van der Waals surface area contributed by atoms with Crippen molar-refractivity contribution < 1.29 is 5.11 Å². The third-order valence-corrected chi connectivity index (χ3v) is 5.11. The number of hydrogen-bond donors (Lipinski definition) is 2. The van der Waals surface area contributed by atoms with Crippen molar-refractivity contribution in [2.75, 3.05) is 5.32 Å². The van der Waals surface area contributed by atoms with Crippen LogP contribution in [0.25, 0.3) is 11.6 Å². The molecule has 25 heavy (non-hydrogen) atoms. The van der Waals surface area contributed by atoms with E-state index in [0.29, 0.717) is 25.7 Å². The Kier molecular flexibility index (Phi) is 4.21. The molecule has 3 aromatic rings. The predicted octanol–water partition coefficient (Wildman–Crippen LogP) is 6.16. The molecule has 0 radical (unpaired) electrons. The number of hydrogen-bond acceptors (Lipinski definition) is 5. The Morgan fingerprint density at radius 2 is 1.96 bits per heavy atom. The first-order valence-corrected chi connectivity index (χ1v) is 8.94. The van der Waals surface area contributed by atoms with E-state index in [1.807, 2.05) is 30.3 Å². The molecule has 0 amide bonds. The van der Waals surface area contributed by atoms with Crippen LogP contribution in [-0.2, 0) is 0 Å². The Hall–Kier alpha value is -2.34. The molecule has 0 aliphatic carbocycles. The zero-order chi connectivity index (χ0) is 17.4. The molecule has 7 heteroatoms. The van der Waals surface area contributed by atoms with E-state index < -0.39 is 0 Å². The van der Waals surface area contributed by atoms with E-state index in [1.165, 1.54) is 11.3 Å². The lowest BCUT2D eigenvalue weighted by molar-refractivity contribution is 0.457. The summed E-state index contributed by atoms with van der Waals surface area (Å²) in [5, 5.41) is 14.8. The van der Waals surface area contributed by atoms with Crippen molar-refractivity contribution in [1.82, 2.24) is 4.98 Å². The number of para-hydroxylation sites is 1. The summed E-state index contributed by atoms with van der Waals surface area (Å²) >= 11 is 13.4. The highest BCUT2D eigenvalue weighted by molar-refractivity contribution is 7.16. The van der Waals surface area contributed by atoms with Crippen LogP contribution in [0.15, 0.2) is 47.5 Å². The summed E-state index contributed by atoms with van der Waals surface area (Å²) < 4.78 is 0. The molecule has 0 atom stereocenters. The lowest BCUT2D eigenvalue weighted by atomic mass is 10.1. The van der Waals surface area contributed by atoms with Crippen molar-refractivity contribution >= 4 is 68.9 Å². The third-order valence-electron chi connectivity index (χ3n) is 3.65. The molecule has 2 heterocycles. The number of nitrogens with one attached hydrogen (secondary N) is 1. The minimum Gasteiger partial charge on any atom is -0.492 e. The van der Waals surface area contributed by atoms with E-state index in [-0.39, 0.29) is 5.88 Å². The average Bonchev–Trinajstić information content (AvgIpc) is 3.15. The highest BCUT2D eigenvalue weighted by atomic mass is 35.5. The first-order valence-electron chi connectivity index (χ1n) is 7.37. The van der Waals surface area contributed by atoms with Crippen LogP contribution in [0.2, 0.25) is 10.0 Å². The molecule has 4 nitrogen and oxygen atoms in total. The Balaban J connectivity index is 1.63. The second-order valence-electron chi connectivity index (χ2n) is 5.33. The van der Waals surface area contributed by atoms with Crippen LogP contribution in [-0.4, -0.2) is 16.3 Å². The first kappa shape index (κ1) is 16.1. The summed E-state index contributed by atoms with van der Waals surface area (Å²) in [5.41, 5.74) is 3.56. The second-order valence-corrected chi connectivity index (χ2v) is 7.21. The van der Waals surface area contributed by atoms with Crippen molar-refractivity contribution in [3.05, 3.63) is 63.0 Å². The summed E-state index contributed by atoms with van der Waals surface area (Å²) in [6.07, 6.45) is 3.66. The minimum atomic E-state index is -0.0390. The largest absolute Gasteiger partial charge is 0.492 e. The van der Waals surface area contributed by atoms with Gasteiger partial charge in [-0.05, 0) is 30.3 Å². The van der Waals surface area contributed by atoms with Crippen molar-refractivity contribution in [2.45, 2.75) is 0 Å². The Bertz CT molecular complexity index is 1030. The van der Waals surface area contributed by atoms with Crippen LogP contribution in [0.1, 0.15) is 10.4 Å². The van der Waals surface area contributed by atoms with Crippen LogP contribution in [0.4, 0.5) is 16.5 Å². The van der Waals surface area contributed by atoms with E-state index in [2.05, 4.69) is 15.3 Å². The summed E-state index contributed by atoms with van der Waals surface area (Å²) in [6.45, 7) is 0. The van der Waals surface area contributed by atoms with E-state index in [4.69, 9.17) is 23.2 Å². The smallest absolute Gasteiger partial charge is 0.231 e. The quantitative estimate of drug-likeness (QED) is 0.565. The van der Waals surface area contributed by atoms with E-state index >= 15 is 0 Å². The lowest BCUT2D eigenvalue weighted by Gasteiger charge is -2.04. The number of allylic oxidation sites excluding steroid dienone is 1. The molecule has 1 aromatic heterocycles. The zero-order valence-corrected chi connectivity index (χ0v) is 15.0. The van der Waals surface area contributed by atoms with Crippen molar-refractivity contribution in [3.63, 3.8) is 0 Å². The van der Waals surface area contributed by atoms with E-state index in [0.717, 1.165) is 16.8 Å². The first-order chi connectivity index (χ1) is 12.1. The molecule has 4 rings (SSSR count). The lowest BCUT2D eigenvalue weighted by Crippen LogP contribution is -1.89. The van der Waals surface area contributed by atoms with Gasteiger partial charge in [0.25, 0.3) is 0 Å². The zero-order valence-electron chi connectivity index (χ0n) is 12.7.